The summed E-state index contributed by atoms with van der Waals surface area (Å²) in [6.45, 7) is 4.72. The summed E-state index contributed by atoms with van der Waals surface area (Å²) < 4.78 is 10.4. The van der Waals surface area contributed by atoms with Crippen LogP contribution in [-0.4, -0.2) is 24.4 Å². The molecule has 2 amide bonds. The molecule has 2 rings (SSSR count). The Hall–Kier alpha value is -2.83. The van der Waals surface area contributed by atoms with Gasteiger partial charge in [0.15, 0.2) is 6.61 Å². The highest BCUT2D eigenvalue weighted by Crippen LogP contribution is 2.26. The highest BCUT2D eigenvalue weighted by molar-refractivity contribution is 5.89. The van der Waals surface area contributed by atoms with Crippen LogP contribution in [0.1, 0.15) is 23.6 Å². The molecule has 7 heteroatoms. The lowest BCUT2D eigenvalue weighted by molar-refractivity contribution is -0.148. The van der Waals surface area contributed by atoms with E-state index in [9.17, 15) is 14.4 Å². The molecule has 0 saturated carbocycles. The Morgan fingerprint density at radius 1 is 1.17 bits per heavy atom. The van der Waals surface area contributed by atoms with Gasteiger partial charge in [0.2, 0.25) is 5.91 Å². The van der Waals surface area contributed by atoms with Crippen molar-refractivity contribution in [3.63, 3.8) is 0 Å². The van der Waals surface area contributed by atoms with E-state index in [2.05, 4.69) is 10.9 Å². The fraction of sp³-hybridized carbons (Fsp3) is 0.312. The molecule has 0 aliphatic rings. The number of ether oxygens (including phenoxy) is 1. The molecule has 1 aromatic carbocycles. The highest BCUT2D eigenvalue weighted by Gasteiger charge is 2.14. The molecule has 1 heterocycles. The topological polar surface area (TPSA) is 97.6 Å². The van der Waals surface area contributed by atoms with Gasteiger partial charge in [0.1, 0.15) is 5.58 Å². The maximum atomic E-state index is 11.8. The third-order valence-corrected chi connectivity index (χ3v) is 3.42. The molecule has 2 aromatic rings. The molecular formula is C16H18N2O5. The number of furan rings is 1. The number of rotatable bonds is 4. The average molecular weight is 318 g/mol. The van der Waals surface area contributed by atoms with Crippen LogP contribution in [0.5, 0.6) is 0 Å². The molecule has 1 aromatic heterocycles. The molecule has 23 heavy (non-hydrogen) atoms. The number of carbonyl (C=O) groups is 3. The third kappa shape index (κ3) is 4.09. The number of hydrogen-bond acceptors (Lipinski definition) is 5. The number of nitrogens with one attached hydrogen (secondary N) is 2. The van der Waals surface area contributed by atoms with Crippen molar-refractivity contribution < 1.29 is 23.5 Å². The van der Waals surface area contributed by atoms with E-state index in [1.165, 1.54) is 13.2 Å². The van der Waals surface area contributed by atoms with E-state index in [1.807, 2.05) is 26.0 Å². The van der Waals surface area contributed by atoms with Gasteiger partial charge in [-0.1, -0.05) is 12.1 Å². The molecule has 0 saturated heterocycles. The first-order valence-electron chi connectivity index (χ1n) is 7.06. The van der Waals surface area contributed by atoms with E-state index < -0.39 is 24.4 Å². The van der Waals surface area contributed by atoms with Crippen LogP contribution in [0.25, 0.3) is 11.0 Å². The molecule has 0 spiro atoms. The summed E-state index contributed by atoms with van der Waals surface area (Å²) in [6.07, 6.45) is 1.53. The summed E-state index contributed by atoms with van der Waals surface area (Å²) in [6, 6.07) is 3.86. The lowest BCUT2D eigenvalue weighted by Crippen LogP contribution is -2.42. The summed E-state index contributed by atoms with van der Waals surface area (Å²) in [5.41, 5.74) is 7.79. The van der Waals surface area contributed by atoms with E-state index in [4.69, 9.17) is 9.15 Å². The summed E-state index contributed by atoms with van der Waals surface area (Å²) in [7, 11) is 0. The number of hydrazine groups is 1. The second-order valence-electron chi connectivity index (χ2n) is 5.21. The van der Waals surface area contributed by atoms with Crippen LogP contribution in [0.2, 0.25) is 0 Å². The SMILES string of the molecule is CC(=O)NNC(=O)COC(=O)Cc1coc2c(C)c(C)ccc12. The van der Waals surface area contributed by atoms with E-state index in [-0.39, 0.29) is 6.42 Å². The van der Waals surface area contributed by atoms with Gasteiger partial charge >= 0.3 is 5.97 Å². The summed E-state index contributed by atoms with van der Waals surface area (Å²) in [5, 5.41) is 0.854. The summed E-state index contributed by atoms with van der Waals surface area (Å²) in [5.74, 6) is -1.58. The van der Waals surface area contributed by atoms with Gasteiger partial charge in [-0.3, -0.25) is 25.2 Å². The van der Waals surface area contributed by atoms with Gasteiger partial charge < -0.3 is 9.15 Å². The fourth-order valence-corrected chi connectivity index (χ4v) is 2.07. The standard InChI is InChI=1S/C16H18N2O5/c1-9-4-5-13-12(7-23-16(13)10(9)2)6-15(21)22-8-14(20)18-17-11(3)19/h4-5,7H,6,8H2,1-3H3,(H,17,19)(H,18,20). The van der Waals surface area contributed by atoms with Gasteiger partial charge in [-0.05, 0) is 25.0 Å². The van der Waals surface area contributed by atoms with Crippen LogP contribution in [0.3, 0.4) is 0 Å². The Labute approximate surface area is 132 Å². The lowest BCUT2D eigenvalue weighted by Gasteiger charge is -2.06. The highest BCUT2D eigenvalue weighted by atomic mass is 16.5. The van der Waals surface area contributed by atoms with E-state index in [0.717, 1.165) is 22.1 Å². The third-order valence-electron chi connectivity index (χ3n) is 3.42. The smallest absolute Gasteiger partial charge is 0.310 e. The molecular weight excluding hydrogens is 300 g/mol. The first kappa shape index (κ1) is 16.5. The van der Waals surface area contributed by atoms with Crippen molar-refractivity contribution in [1.29, 1.82) is 0 Å². The van der Waals surface area contributed by atoms with Crippen molar-refractivity contribution in [3.8, 4) is 0 Å². The Morgan fingerprint density at radius 2 is 1.91 bits per heavy atom. The predicted octanol–water partition coefficient (Wildman–Crippen LogP) is 1.30. The minimum absolute atomic E-state index is 0.00289. The summed E-state index contributed by atoms with van der Waals surface area (Å²) >= 11 is 0. The number of benzene rings is 1. The van der Waals surface area contributed by atoms with Crippen LogP contribution in [0, 0.1) is 13.8 Å². The minimum atomic E-state index is -0.614. The number of carbonyl (C=O) groups excluding carboxylic acids is 3. The number of hydrogen-bond donors (Lipinski definition) is 2. The molecule has 0 unspecified atom stereocenters. The van der Waals surface area contributed by atoms with Crippen LogP contribution < -0.4 is 10.9 Å². The molecule has 0 radical (unpaired) electrons. The first-order chi connectivity index (χ1) is 10.9. The summed E-state index contributed by atoms with van der Waals surface area (Å²) in [4.78, 5) is 33.8. The maximum Gasteiger partial charge on any atom is 0.310 e. The van der Waals surface area contributed by atoms with Gasteiger partial charge in [0.05, 0.1) is 12.7 Å². The van der Waals surface area contributed by atoms with Gasteiger partial charge in [0, 0.05) is 17.9 Å². The Kier molecular flexibility index (Phi) is 5.00. The zero-order valence-electron chi connectivity index (χ0n) is 13.2. The molecule has 0 fully saturated rings. The number of esters is 1. The first-order valence-corrected chi connectivity index (χ1v) is 7.06. The molecule has 0 bridgehead atoms. The second-order valence-corrected chi connectivity index (χ2v) is 5.21. The van der Waals surface area contributed by atoms with E-state index in [0.29, 0.717) is 5.56 Å². The van der Waals surface area contributed by atoms with Gasteiger partial charge in [-0.2, -0.15) is 0 Å². The lowest BCUT2D eigenvalue weighted by atomic mass is 10.0. The van der Waals surface area contributed by atoms with Gasteiger partial charge in [-0.25, -0.2) is 0 Å². The van der Waals surface area contributed by atoms with E-state index in [1.54, 1.807) is 0 Å². The van der Waals surface area contributed by atoms with Crippen molar-refractivity contribution in [2.75, 3.05) is 6.61 Å². The van der Waals surface area contributed by atoms with Crippen molar-refractivity contribution in [2.24, 2.45) is 0 Å². The maximum absolute atomic E-state index is 11.8. The van der Waals surface area contributed by atoms with Crippen molar-refractivity contribution in [2.45, 2.75) is 27.2 Å². The van der Waals surface area contributed by atoms with Crippen molar-refractivity contribution in [1.82, 2.24) is 10.9 Å². The molecule has 2 N–H and O–H groups in total. The largest absolute Gasteiger partial charge is 0.464 e. The number of aryl methyl sites for hydroxylation is 2. The predicted molar refractivity (Wildman–Crippen MR) is 82.3 cm³/mol. The van der Waals surface area contributed by atoms with Crippen LogP contribution >= 0.6 is 0 Å². The molecule has 0 aliphatic heterocycles. The second kappa shape index (κ2) is 6.95. The molecule has 0 atom stereocenters. The molecule has 7 nitrogen and oxygen atoms in total. The molecule has 122 valence electrons. The van der Waals surface area contributed by atoms with Crippen LogP contribution in [0.4, 0.5) is 0 Å². The zero-order valence-corrected chi connectivity index (χ0v) is 13.2. The average Bonchev–Trinajstić information content (AvgIpc) is 2.90. The quantitative estimate of drug-likeness (QED) is 0.654. The monoisotopic (exact) mass is 318 g/mol. The minimum Gasteiger partial charge on any atom is -0.464 e. The van der Waals surface area contributed by atoms with Gasteiger partial charge in [0.25, 0.3) is 5.91 Å². The number of fused-ring (bicyclic) bond motifs is 1. The van der Waals surface area contributed by atoms with Crippen molar-refractivity contribution in [3.05, 3.63) is 35.1 Å². The van der Waals surface area contributed by atoms with Crippen LogP contribution in [-0.2, 0) is 25.5 Å². The van der Waals surface area contributed by atoms with Crippen LogP contribution in [0.15, 0.2) is 22.8 Å². The zero-order chi connectivity index (χ0) is 17.0. The fourth-order valence-electron chi connectivity index (χ4n) is 2.07. The number of amides is 2. The van der Waals surface area contributed by atoms with Crippen molar-refractivity contribution >= 4 is 28.8 Å². The van der Waals surface area contributed by atoms with Gasteiger partial charge in [-0.15, -0.1) is 0 Å². The Bertz CT molecular complexity index is 763. The normalized spacial score (nSPS) is 10.4. The Morgan fingerprint density at radius 3 is 2.61 bits per heavy atom. The Balaban J connectivity index is 1.95. The molecule has 0 aliphatic carbocycles. The van der Waals surface area contributed by atoms with E-state index >= 15 is 0 Å².